The zero-order chi connectivity index (χ0) is 17.9. The molecule has 138 valence electrons. The summed E-state index contributed by atoms with van der Waals surface area (Å²) in [7, 11) is 4.86. The van der Waals surface area contributed by atoms with E-state index in [-0.39, 0.29) is 41.4 Å². The summed E-state index contributed by atoms with van der Waals surface area (Å²) < 4.78 is 23.9. The average molecular weight is 373 g/mol. The molecule has 0 saturated carbocycles. The topological polar surface area (TPSA) is 93.6 Å². The Hall–Kier alpha value is -2.32. The summed E-state index contributed by atoms with van der Waals surface area (Å²) in [5, 5.41) is 6.68. The van der Waals surface area contributed by atoms with Crippen molar-refractivity contribution < 1.29 is 18.4 Å². The quantitative estimate of drug-likeness (QED) is 0.806. The second-order valence-electron chi connectivity index (χ2n) is 5.64. The van der Waals surface area contributed by atoms with E-state index in [0.29, 0.717) is 17.9 Å². The molecular formula is C16H22ClFN4O3. The molecule has 0 aliphatic rings. The van der Waals surface area contributed by atoms with Crippen LogP contribution in [0, 0.1) is 5.82 Å². The molecular weight excluding hydrogens is 351 g/mol. The van der Waals surface area contributed by atoms with E-state index in [2.05, 4.69) is 10.5 Å². The number of methoxy groups -OCH3 is 1. The van der Waals surface area contributed by atoms with Crippen molar-refractivity contribution in [1.29, 1.82) is 0 Å². The highest BCUT2D eigenvalue weighted by atomic mass is 35.5. The van der Waals surface area contributed by atoms with Gasteiger partial charge in [0.2, 0.25) is 0 Å². The SMILES string of the molecule is COc1cc(-c2onc(N(C)C)c2C(=O)NC[C@H](C)N)ccc1F.Cl. The molecule has 2 rings (SSSR count). The largest absolute Gasteiger partial charge is 0.494 e. The van der Waals surface area contributed by atoms with Gasteiger partial charge in [-0.25, -0.2) is 4.39 Å². The summed E-state index contributed by atoms with van der Waals surface area (Å²) in [5.74, 6) is -0.209. The van der Waals surface area contributed by atoms with Crippen LogP contribution in [0.15, 0.2) is 22.7 Å². The molecule has 1 heterocycles. The maximum atomic E-state index is 13.6. The van der Waals surface area contributed by atoms with Crippen LogP contribution in [-0.2, 0) is 0 Å². The number of carbonyl (C=O) groups is 1. The van der Waals surface area contributed by atoms with E-state index >= 15 is 0 Å². The average Bonchev–Trinajstić information content (AvgIpc) is 2.98. The number of nitrogens with two attached hydrogens (primary N) is 1. The van der Waals surface area contributed by atoms with Gasteiger partial charge in [-0.15, -0.1) is 12.4 Å². The van der Waals surface area contributed by atoms with Gasteiger partial charge in [-0.1, -0.05) is 5.16 Å². The molecule has 1 aromatic carbocycles. The molecule has 7 nitrogen and oxygen atoms in total. The molecule has 9 heteroatoms. The van der Waals surface area contributed by atoms with E-state index in [1.165, 1.54) is 25.3 Å². The van der Waals surface area contributed by atoms with Gasteiger partial charge in [0.1, 0.15) is 5.56 Å². The van der Waals surface area contributed by atoms with Gasteiger partial charge in [0.05, 0.1) is 7.11 Å². The molecule has 0 aliphatic heterocycles. The van der Waals surface area contributed by atoms with Gasteiger partial charge < -0.3 is 25.2 Å². The van der Waals surface area contributed by atoms with Crippen molar-refractivity contribution in [2.24, 2.45) is 5.73 Å². The Labute approximate surface area is 151 Å². The fraction of sp³-hybridized carbons (Fsp3) is 0.375. The lowest BCUT2D eigenvalue weighted by Gasteiger charge is -2.12. The number of halogens is 2. The monoisotopic (exact) mass is 372 g/mol. The third-order valence-corrected chi connectivity index (χ3v) is 3.32. The molecule has 1 atom stereocenters. The number of benzene rings is 1. The summed E-state index contributed by atoms with van der Waals surface area (Å²) in [5.41, 5.74) is 6.42. The van der Waals surface area contributed by atoms with Gasteiger partial charge in [0, 0.05) is 32.2 Å². The molecule has 3 N–H and O–H groups in total. The standard InChI is InChI=1S/C16H21FN4O3.ClH/c1-9(18)8-19-16(22)13-14(24-20-15(13)21(2)3)10-5-6-11(17)12(7-10)23-4;/h5-7,9H,8,18H2,1-4H3,(H,19,22);1H/t9-;/m0./s1. The number of carbonyl (C=O) groups excluding carboxylic acids is 1. The molecule has 0 fully saturated rings. The maximum absolute atomic E-state index is 13.6. The van der Waals surface area contributed by atoms with E-state index in [4.69, 9.17) is 15.0 Å². The Morgan fingerprint density at radius 1 is 1.48 bits per heavy atom. The second kappa shape index (κ2) is 8.68. The minimum Gasteiger partial charge on any atom is -0.494 e. The smallest absolute Gasteiger partial charge is 0.259 e. The lowest BCUT2D eigenvalue weighted by atomic mass is 10.1. The predicted molar refractivity (Wildman–Crippen MR) is 96.0 cm³/mol. The van der Waals surface area contributed by atoms with Crippen molar-refractivity contribution >= 4 is 24.1 Å². The third kappa shape index (κ3) is 4.61. The van der Waals surface area contributed by atoms with Crippen LogP contribution in [0.5, 0.6) is 5.75 Å². The molecule has 0 bridgehead atoms. The second-order valence-corrected chi connectivity index (χ2v) is 5.64. The molecule has 0 spiro atoms. The van der Waals surface area contributed by atoms with Crippen LogP contribution in [0.2, 0.25) is 0 Å². The Balaban J connectivity index is 0.00000312. The minimum atomic E-state index is -0.503. The number of hydrogen-bond acceptors (Lipinski definition) is 6. The number of amides is 1. The Morgan fingerprint density at radius 3 is 2.72 bits per heavy atom. The summed E-state index contributed by atoms with van der Waals surface area (Å²) in [6.07, 6.45) is 0. The summed E-state index contributed by atoms with van der Waals surface area (Å²) in [4.78, 5) is 14.2. The van der Waals surface area contributed by atoms with Crippen LogP contribution in [-0.4, -0.2) is 44.9 Å². The van der Waals surface area contributed by atoms with Crippen LogP contribution in [0.1, 0.15) is 17.3 Å². The van der Waals surface area contributed by atoms with E-state index < -0.39 is 5.82 Å². The van der Waals surface area contributed by atoms with Crippen LogP contribution < -0.4 is 20.7 Å². The van der Waals surface area contributed by atoms with Crippen molar-refractivity contribution in [3.05, 3.63) is 29.6 Å². The van der Waals surface area contributed by atoms with E-state index in [1.807, 2.05) is 0 Å². The lowest BCUT2D eigenvalue weighted by molar-refractivity contribution is 0.0952. The van der Waals surface area contributed by atoms with Crippen LogP contribution in [0.3, 0.4) is 0 Å². The highest BCUT2D eigenvalue weighted by molar-refractivity contribution is 6.04. The molecule has 25 heavy (non-hydrogen) atoms. The molecule has 1 aromatic heterocycles. The highest BCUT2D eigenvalue weighted by Crippen LogP contribution is 2.33. The van der Waals surface area contributed by atoms with Gasteiger partial charge in [-0.2, -0.15) is 0 Å². The minimum absolute atomic E-state index is 0. The summed E-state index contributed by atoms with van der Waals surface area (Å²) in [6, 6.07) is 4.01. The van der Waals surface area contributed by atoms with Crippen molar-refractivity contribution in [1.82, 2.24) is 10.5 Å². The number of hydrogen-bond donors (Lipinski definition) is 2. The molecule has 0 radical (unpaired) electrons. The Morgan fingerprint density at radius 2 is 2.16 bits per heavy atom. The first kappa shape index (κ1) is 20.7. The molecule has 0 unspecified atom stereocenters. The first-order valence-corrected chi connectivity index (χ1v) is 7.39. The zero-order valence-electron chi connectivity index (χ0n) is 14.5. The summed E-state index contributed by atoms with van der Waals surface area (Å²) in [6.45, 7) is 2.09. The van der Waals surface area contributed by atoms with Gasteiger partial charge >= 0.3 is 0 Å². The van der Waals surface area contributed by atoms with Gasteiger partial charge in [-0.05, 0) is 25.1 Å². The van der Waals surface area contributed by atoms with E-state index in [1.54, 1.807) is 25.9 Å². The fourth-order valence-corrected chi connectivity index (χ4v) is 2.13. The van der Waals surface area contributed by atoms with Crippen molar-refractivity contribution in [3.63, 3.8) is 0 Å². The Kier molecular flexibility index (Phi) is 7.20. The number of nitrogens with zero attached hydrogens (tertiary/aromatic N) is 2. The number of rotatable bonds is 6. The molecule has 0 saturated heterocycles. The highest BCUT2D eigenvalue weighted by Gasteiger charge is 2.26. The predicted octanol–water partition coefficient (Wildman–Crippen LogP) is 2.05. The molecule has 2 aromatic rings. The lowest BCUT2D eigenvalue weighted by Crippen LogP contribution is -2.35. The number of nitrogens with one attached hydrogen (secondary N) is 1. The van der Waals surface area contributed by atoms with Crippen LogP contribution >= 0.6 is 12.4 Å². The van der Waals surface area contributed by atoms with Gasteiger partial charge in [0.25, 0.3) is 5.91 Å². The third-order valence-electron chi connectivity index (χ3n) is 3.32. The van der Waals surface area contributed by atoms with Crippen molar-refractivity contribution in [2.75, 3.05) is 32.6 Å². The normalized spacial score (nSPS) is 11.4. The summed E-state index contributed by atoms with van der Waals surface area (Å²) >= 11 is 0. The van der Waals surface area contributed by atoms with E-state index in [9.17, 15) is 9.18 Å². The van der Waals surface area contributed by atoms with Crippen molar-refractivity contribution in [2.45, 2.75) is 13.0 Å². The van der Waals surface area contributed by atoms with Gasteiger partial charge in [0.15, 0.2) is 23.1 Å². The number of anilines is 1. The fourth-order valence-electron chi connectivity index (χ4n) is 2.13. The van der Waals surface area contributed by atoms with E-state index in [0.717, 1.165) is 0 Å². The first-order chi connectivity index (χ1) is 11.3. The van der Waals surface area contributed by atoms with Crippen LogP contribution in [0.4, 0.5) is 10.2 Å². The maximum Gasteiger partial charge on any atom is 0.259 e. The zero-order valence-corrected chi connectivity index (χ0v) is 15.3. The first-order valence-electron chi connectivity index (χ1n) is 7.39. The molecule has 1 amide bonds. The van der Waals surface area contributed by atoms with Gasteiger partial charge in [-0.3, -0.25) is 4.79 Å². The number of aromatic nitrogens is 1. The van der Waals surface area contributed by atoms with Crippen LogP contribution in [0.25, 0.3) is 11.3 Å². The number of ether oxygens (including phenoxy) is 1. The van der Waals surface area contributed by atoms with Crippen molar-refractivity contribution in [3.8, 4) is 17.1 Å². The Bertz CT molecular complexity index is 734. The molecule has 0 aliphatic carbocycles.